The molecule has 4 heteroatoms. The van der Waals surface area contributed by atoms with E-state index in [1.165, 1.54) is 11.3 Å². The first-order chi connectivity index (χ1) is 11.6. The third-order valence-corrected chi connectivity index (χ3v) is 4.65. The van der Waals surface area contributed by atoms with Crippen molar-refractivity contribution in [1.29, 1.82) is 0 Å². The summed E-state index contributed by atoms with van der Waals surface area (Å²) in [7, 11) is 0. The Morgan fingerprint density at radius 3 is 2.58 bits per heavy atom. The number of pyridine rings is 1. The van der Waals surface area contributed by atoms with Crippen LogP contribution < -0.4 is 4.74 Å². The van der Waals surface area contributed by atoms with Crippen molar-refractivity contribution in [3.63, 3.8) is 0 Å². The summed E-state index contributed by atoms with van der Waals surface area (Å²) < 4.78 is 5.66. The van der Waals surface area contributed by atoms with Crippen LogP contribution in [-0.4, -0.2) is 16.9 Å². The second-order valence-corrected chi connectivity index (χ2v) is 6.90. The van der Waals surface area contributed by atoms with Crippen LogP contribution in [0.3, 0.4) is 0 Å². The van der Waals surface area contributed by atoms with Gasteiger partial charge in [0.15, 0.2) is 5.78 Å². The molecule has 0 amide bonds. The smallest absolute Gasteiger partial charge is 0.177 e. The van der Waals surface area contributed by atoms with Gasteiger partial charge in [0.05, 0.1) is 11.0 Å². The number of rotatable bonds is 6. The van der Waals surface area contributed by atoms with Crippen LogP contribution in [0.4, 0.5) is 0 Å². The zero-order valence-electron chi connectivity index (χ0n) is 13.7. The maximum absolute atomic E-state index is 12.4. The average molecular weight is 337 g/mol. The van der Waals surface area contributed by atoms with Crippen LogP contribution in [0.1, 0.15) is 29.1 Å². The molecule has 0 atom stereocenters. The lowest BCUT2D eigenvalue weighted by Gasteiger charge is -2.09. The number of carbonyl (C=O) groups excluding carboxylic acids is 1. The minimum Gasteiger partial charge on any atom is -0.491 e. The number of ketones is 1. The standard InChI is InChI=1S/C20H19NO2S/c1-14(2)23-17-7-5-16(6-8-17)19-9-10-20(24-19)18(22)12-15-4-3-11-21-13-15/h3-11,13-14H,12H2,1-2H3. The Balaban J connectivity index is 1.72. The van der Waals surface area contributed by atoms with Gasteiger partial charge in [-0.25, -0.2) is 0 Å². The molecule has 122 valence electrons. The molecular weight excluding hydrogens is 318 g/mol. The minimum absolute atomic E-state index is 0.124. The Bertz CT molecular complexity index is 807. The van der Waals surface area contributed by atoms with Crippen LogP contribution in [0.5, 0.6) is 5.75 Å². The van der Waals surface area contributed by atoms with Crippen LogP contribution in [0.15, 0.2) is 60.9 Å². The second kappa shape index (κ2) is 7.41. The van der Waals surface area contributed by atoms with Gasteiger partial charge in [-0.3, -0.25) is 9.78 Å². The van der Waals surface area contributed by atoms with Crippen LogP contribution in [0.2, 0.25) is 0 Å². The predicted octanol–water partition coefficient (Wildman–Crippen LogP) is 5.02. The maximum atomic E-state index is 12.4. The van der Waals surface area contributed by atoms with Gasteiger partial charge in [0.2, 0.25) is 0 Å². The van der Waals surface area contributed by atoms with E-state index in [0.29, 0.717) is 6.42 Å². The normalized spacial score (nSPS) is 10.8. The Hall–Kier alpha value is -2.46. The van der Waals surface area contributed by atoms with Gasteiger partial charge in [-0.2, -0.15) is 0 Å². The van der Waals surface area contributed by atoms with E-state index in [2.05, 4.69) is 4.98 Å². The molecule has 1 aromatic carbocycles. The summed E-state index contributed by atoms with van der Waals surface area (Å²) in [4.78, 5) is 18.3. The molecule has 0 saturated carbocycles. The van der Waals surface area contributed by atoms with Crippen molar-refractivity contribution in [3.8, 4) is 16.2 Å². The van der Waals surface area contributed by atoms with Gasteiger partial charge in [0.25, 0.3) is 0 Å². The highest BCUT2D eigenvalue weighted by Gasteiger charge is 2.11. The summed E-state index contributed by atoms with van der Waals surface area (Å²) in [6, 6.07) is 15.7. The lowest BCUT2D eigenvalue weighted by molar-refractivity contribution is 0.0996. The molecule has 3 aromatic rings. The summed E-state index contributed by atoms with van der Waals surface area (Å²) in [6.45, 7) is 4.01. The van der Waals surface area contributed by atoms with E-state index in [-0.39, 0.29) is 11.9 Å². The predicted molar refractivity (Wildman–Crippen MR) is 97.8 cm³/mol. The fourth-order valence-electron chi connectivity index (χ4n) is 2.39. The Labute approximate surface area is 146 Å². The number of ether oxygens (including phenoxy) is 1. The first kappa shape index (κ1) is 16.4. The number of hydrogen-bond donors (Lipinski definition) is 0. The average Bonchev–Trinajstić information content (AvgIpc) is 3.06. The van der Waals surface area contributed by atoms with Crippen LogP contribution in [0, 0.1) is 0 Å². The molecule has 24 heavy (non-hydrogen) atoms. The molecule has 0 fully saturated rings. The minimum atomic E-state index is 0.124. The van der Waals surface area contributed by atoms with E-state index in [0.717, 1.165) is 26.6 Å². The van der Waals surface area contributed by atoms with Crippen molar-refractivity contribution in [2.24, 2.45) is 0 Å². The van der Waals surface area contributed by atoms with Crippen molar-refractivity contribution >= 4 is 17.1 Å². The first-order valence-corrected chi connectivity index (χ1v) is 8.72. The zero-order valence-corrected chi connectivity index (χ0v) is 14.5. The van der Waals surface area contributed by atoms with Gasteiger partial charge >= 0.3 is 0 Å². The highest BCUT2D eigenvalue weighted by atomic mass is 32.1. The van der Waals surface area contributed by atoms with E-state index in [4.69, 9.17) is 4.74 Å². The third kappa shape index (κ3) is 4.09. The number of thiophene rings is 1. The van der Waals surface area contributed by atoms with Gasteiger partial charge in [-0.05, 0) is 67.4 Å². The van der Waals surface area contributed by atoms with E-state index in [1.54, 1.807) is 12.4 Å². The van der Waals surface area contributed by atoms with Crippen molar-refractivity contribution in [2.75, 3.05) is 0 Å². The second-order valence-electron chi connectivity index (χ2n) is 5.82. The summed E-state index contributed by atoms with van der Waals surface area (Å²) >= 11 is 1.52. The molecule has 3 nitrogen and oxygen atoms in total. The number of nitrogens with zero attached hydrogens (tertiary/aromatic N) is 1. The van der Waals surface area contributed by atoms with E-state index in [1.807, 2.05) is 62.4 Å². The molecular formula is C20H19NO2S. The molecule has 0 saturated heterocycles. The number of benzene rings is 1. The monoisotopic (exact) mass is 337 g/mol. The Kier molecular flexibility index (Phi) is 5.06. The van der Waals surface area contributed by atoms with Crippen molar-refractivity contribution in [1.82, 2.24) is 4.98 Å². The first-order valence-electron chi connectivity index (χ1n) is 7.91. The van der Waals surface area contributed by atoms with Crippen LogP contribution in [-0.2, 0) is 6.42 Å². The number of Topliss-reactive ketones (excluding diaryl/α,β-unsaturated/α-hetero) is 1. The Morgan fingerprint density at radius 1 is 1.12 bits per heavy atom. The van der Waals surface area contributed by atoms with Crippen LogP contribution >= 0.6 is 11.3 Å². The molecule has 3 rings (SSSR count). The summed E-state index contributed by atoms with van der Waals surface area (Å²) in [5.41, 5.74) is 2.03. The summed E-state index contributed by atoms with van der Waals surface area (Å²) in [5, 5.41) is 0. The highest BCUT2D eigenvalue weighted by molar-refractivity contribution is 7.17. The van der Waals surface area contributed by atoms with Crippen molar-refractivity contribution in [2.45, 2.75) is 26.4 Å². The molecule has 0 N–H and O–H groups in total. The number of aromatic nitrogens is 1. The molecule has 0 aliphatic heterocycles. The Morgan fingerprint density at radius 2 is 1.92 bits per heavy atom. The largest absolute Gasteiger partial charge is 0.491 e. The molecule has 0 bridgehead atoms. The van der Waals surface area contributed by atoms with Gasteiger partial charge in [-0.15, -0.1) is 11.3 Å². The molecule has 0 aliphatic rings. The number of hydrogen-bond acceptors (Lipinski definition) is 4. The van der Waals surface area contributed by atoms with Crippen LogP contribution in [0.25, 0.3) is 10.4 Å². The molecule has 2 aromatic heterocycles. The van der Waals surface area contributed by atoms with E-state index >= 15 is 0 Å². The topological polar surface area (TPSA) is 39.2 Å². The number of carbonyl (C=O) groups is 1. The third-order valence-electron chi connectivity index (χ3n) is 3.48. The highest BCUT2D eigenvalue weighted by Crippen LogP contribution is 2.30. The van der Waals surface area contributed by atoms with Gasteiger partial charge < -0.3 is 4.74 Å². The van der Waals surface area contributed by atoms with Crippen molar-refractivity contribution in [3.05, 3.63) is 71.4 Å². The lowest BCUT2D eigenvalue weighted by Crippen LogP contribution is -2.04. The van der Waals surface area contributed by atoms with Gasteiger partial charge in [0, 0.05) is 23.7 Å². The lowest BCUT2D eigenvalue weighted by atomic mass is 10.1. The summed E-state index contributed by atoms with van der Waals surface area (Å²) in [6.07, 6.45) is 3.99. The SMILES string of the molecule is CC(C)Oc1ccc(-c2ccc(C(=O)Cc3cccnc3)s2)cc1. The van der Waals surface area contributed by atoms with Gasteiger partial charge in [0.1, 0.15) is 5.75 Å². The fraction of sp³-hybridized carbons (Fsp3) is 0.200. The molecule has 0 spiro atoms. The molecule has 0 unspecified atom stereocenters. The van der Waals surface area contributed by atoms with Gasteiger partial charge in [-0.1, -0.05) is 6.07 Å². The zero-order chi connectivity index (χ0) is 16.9. The molecule has 0 aliphatic carbocycles. The summed E-state index contributed by atoms with van der Waals surface area (Å²) in [5.74, 6) is 0.984. The van der Waals surface area contributed by atoms with Crippen molar-refractivity contribution < 1.29 is 9.53 Å². The quantitative estimate of drug-likeness (QED) is 0.593. The molecule has 2 heterocycles. The fourth-order valence-corrected chi connectivity index (χ4v) is 3.34. The maximum Gasteiger partial charge on any atom is 0.177 e. The van der Waals surface area contributed by atoms with E-state index < -0.39 is 0 Å². The van der Waals surface area contributed by atoms with E-state index in [9.17, 15) is 4.79 Å². The molecule has 0 radical (unpaired) electrons.